The van der Waals surface area contributed by atoms with Crippen LogP contribution in [0.5, 0.6) is 0 Å². The van der Waals surface area contributed by atoms with E-state index in [1.165, 1.54) is 0 Å². The fraction of sp³-hybridized carbons (Fsp3) is 0.800. The summed E-state index contributed by atoms with van der Waals surface area (Å²) >= 11 is 6.32. The van der Waals surface area contributed by atoms with Crippen LogP contribution in [0, 0.1) is 5.41 Å². The second-order valence-electron chi connectivity index (χ2n) is 6.67. The maximum absolute atomic E-state index is 6.48. The first kappa shape index (κ1) is 18.4. The van der Waals surface area contributed by atoms with E-state index in [2.05, 4.69) is 30.8 Å². The van der Waals surface area contributed by atoms with Crippen molar-refractivity contribution < 1.29 is 4.74 Å². The van der Waals surface area contributed by atoms with Gasteiger partial charge in [-0.25, -0.2) is 0 Å². The molecule has 21 heavy (non-hydrogen) atoms. The van der Waals surface area contributed by atoms with Crippen LogP contribution in [-0.2, 0) is 11.3 Å². The lowest BCUT2D eigenvalue weighted by molar-refractivity contribution is -0.0299. The molecule has 0 aliphatic heterocycles. The molecule has 0 bridgehead atoms. The quantitative estimate of drug-likeness (QED) is 0.840. The zero-order valence-electron chi connectivity index (χ0n) is 14.1. The lowest BCUT2D eigenvalue weighted by atomic mass is 9.83. The van der Waals surface area contributed by atoms with Gasteiger partial charge in [-0.05, 0) is 26.4 Å². The summed E-state index contributed by atoms with van der Waals surface area (Å²) in [5, 5.41) is 4.96. The van der Waals surface area contributed by atoms with Crippen molar-refractivity contribution in [2.24, 2.45) is 11.1 Å². The molecular formula is C15H29ClN4O. The van der Waals surface area contributed by atoms with Crippen LogP contribution >= 0.6 is 11.6 Å². The van der Waals surface area contributed by atoms with Gasteiger partial charge in [0.05, 0.1) is 35.6 Å². The Balaban J connectivity index is 3.04. The fourth-order valence-electron chi connectivity index (χ4n) is 2.39. The molecule has 2 N–H and O–H groups in total. The van der Waals surface area contributed by atoms with E-state index < -0.39 is 0 Å². The lowest BCUT2D eigenvalue weighted by Crippen LogP contribution is -2.41. The number of nitrogens with two attached hydrogens (primary N) is 1. The first-order valence-electron chi connectivity index (χ1n) is 7.41. The number of rotatable bonds is 7. The standard InChI is InChI=1S/C15H29ClN4O/c1-7-21-14(15(2,3)4)12(17)13-11(16)10-18-20(13)9-8-19(5)6/h10,12,14H,7-9,17H2,1-6H3. The van der Waals surface area contributed by atoms with Gasteiger partial charge in [-0.1, -0.05) is 32.4 Å². The van der Waals surface area contributed by atoms with Gasteiger partial charge in [0.15, 0.2) is 0 Å². The number of hydrogen-bond donors (Lipinski definition) is 1. The van der Waals surface area contributed by atoms with Crippen molar-refractivity contribution in [3.63, 3.8) is 0 Å². The molecule has 0 saturated carbocycles. The van der Waals surface area contributed by atoms with Crippen LogP contribution in [0.4, 0.5) is 0 Å². The van der Waals surface area contributed by atoms with Gasteiger partial charge in [0.1, 0.15) is 0 Å². The highest BCUT2D eigenvalue weighted by Gasteiger charge is 2.34. The zero-order chi connectivity index (χ0) is 16.2. The van der Waals surface area contributed by atoms with E-state index in [9.17, 15) is 0 Å². The van der Waals surface area contributed by atoms with Gasteiger partial charge < -0.3 is 15.4 Å². The molecule has 0 fully saturated rings. The molecule has 0 aliphatic rings. The van der Waals surface area contributed by atoms with Gasteiger partial charge in [-0.2, -0.15) is 5.10 Å². The van der Waals surface area contributed by atoms with Crippen molar-refractivity contribution in [1.29, 1.82) is 0 Å². The monoisotopic (exact) mass is 316 g/mol. The number of aromatic nitrogens is 2. The predicted octanol–water partition coefficient (Wildman–Crippen LogP) is 2.55. The molecule has 0 radical (unpaired) electrons. The Morgan fingerprint density at radius 1 is 1.43 bits per heavy atom. The van der Waals surface area contributed by atoms with E-state index in [1.54, 1.807) is 6.20 Å². The summed E-state index contributed by atoms with van der Waals surface area (Å²) in [5.74, 6) is 0. The third-order valence-corrected chi connectivity index (χ3v) is 3.73. The third kappa shape index (κ3) is 4.95. The first-order chi connectivity index (χ1) is 9.68. The molecular weight excluding hydrogens is 288 g/mol. The van der Waals surface area contributed by atoms with Crippen LogP contribution < -0.4 is 5.73 Å². The number of nitrogens with zero attached hydrogens (tertiary/aromatic N) is 3. The van der Waals surface area contributed by atoms with Gasteiger partial charge in [0, 0.05) is 13.2 Å². The zero-order valence-corrected chi connectivity index (χ0v) is 14.8. The second-order valence-corrected chi connectivity index (χ2v) is 7.08. The van der Waals surface area contributed by atoms with Crippen molar-refractivity contribution in [2.45, 2.75) is 46.4 Å². The van der Waals surface area contributed by atoms with Gasteiger partial charge in [0.2, 0.25) is 0 Å². The minimum absolute atomic E-state index is 0.0740. The van der Waals surface area contributed by atoms with Crippen molar-refractivity contribution in [2.75, 3.05) is 27.2 Å². The Labute approximate surface area is 133 Å². The largest absolute Gasteiger partial charge is 0.376 e. The summed E-state index contributed by atoms with van der Waals surface area (Å²) in [5.41, 5.74) is 7.26. The molecule has 2 unspecified atom stereocenters. The minimum Gasteiger partial charge on any atom is -0.376 e. The molecule has 6 heteroatoms. The van der Waals surface area contributed by atoms with Crippen LogP contribution in [0.3, 0.4) is 0 Å². The maximum atomic E-state index is 6.48. The second kappa shape index (κ2) is 7.58. The van der Waals surface area contributed by atoms with E-state index in [0.717, 1.165) is 18.8 Å². The van der Waals surface area contributed by atoms with Crippen LogP contribution in [0.15, 0.2) is 6.20 Å². The highest BCUT2D eigenvalue weighted by Crippen LogP contribution is 2.34. The summed E-state index contributed by atoms with van der Waals surface area (Å²) in [6, 6.07) is -0.304. The highest BCUT2D eigenvalue weighted by atomic mass is 35.5. The Morgan fingerprint density at radius 2 is 2.05 bits per heavy atom. The molecule has 0 aliphatic carbocycles. The van der Waals surface area contributed by atoms with Gasteiger partial charge >= 0.3 is 0 Å². The summed E-state index contributed by atoms with van der Waals surface area (Å²) < 4.78 is 7.79. The molecule has 0 spiro atoms. The van der Waals surface area contributed by atoms with Crippen LogP contribution in [0.25, 0.3) is 0 Å². The van der Waals surface area contributed by atoms with Gasteiger partial charge in [0.25, 0.3) is 0 Å². The smallest absolute Gasteiger partial charge is 0.0835 e. The Morgan fingerprint density at radius 3 is 2.52 bits per heavy atom. The lowest BCUT2D eigenvalue weighted by Gasteiger charge is -2.35. The Kier molecular flexibility index (Phi) is 6.66. The number of ether oxygens (including phenoxy) is 1. The molecule has 2 atom stereocenters. The van der Waals surface area contributed by atoms with Crippen LogP contribution in [0.1, 0.15) is 39.4 Å². The SMILES string of the molecule is CCOC(C(N)c1c(Cl)cnn1CCN(C)C)C(C)(C)C. The Bertz CT molecular complexity index is 439. The average molecular weight is 317 g/mol. The molecule has 122 valence electrons. The predicted molar refractivity (Wildman–Crippen MR) is 87.6 cm³/mol. The number of hydrogen-bond acceptors (Lipinski definition) is 4. The van der Waals surface area contributed by atoms with Gasteiger partial charge in [-0.3, -0.25) is 4.68 Å². The fourth-order valence-corrected chi connectivity index (χ4v) is 2.66. The topological polar surface area (TPSA) is 56.3 Å². The molecule has 5 nitrogen and oxygen atoms in total. The van der Waals surface area contributed by atoms with Gasteiger partial charge in [-0.15, -0.1) is 0 Å². The summed E-state index contributed by atoms with van der Waals surface area (Å²) in [6.07, 6.45) is 1.55. The first-order valence-corrected chi connectivity index (χ1v) is 7.79. The summed E-state index contributed by atoms with van der Waals surface area (Å²) in [7, 11) is 4.06. The van der Waals surface area contributed by atoms with Crippen LogP contribution in [-0.4, -0.2) is 48.0 Å². The van der Waals surface area contributed by atoms with Crippen molar-refractivity contribution in [3.05, 3.63) is 16.9 Å². The Hall–Kier alpha value is -0.620. The molecule has 1 heterocycles. The minimum atomic E-state index is -0.304. The van der Waals surface area contributed by atoms with E-state index in [1.807, 2.05) is 25.7 Å². The summed E-state index contributed by atoms with van der Waals surface area (Å²) in [6.45, 7) is 10.6. The molecule has 0 amide bonds. The molecule has 1 rings (SSSR count). The van der Waals surface area contributed by atoms with Crippen molar-refractivity contribution in [1.82, 2.24) is 14.7 Å². The maximum Gasteiger partial charge on any atom is 0.0835 e. The average Bonchev–Trinajstić information content (AvgIpc) is 2.72. The van der Waals surface area contributed by atoms with E-state index >= 15 is 0 Å². The molecule has 1 aromatic rings. The van der Waals surface area contributed by atoms with Crippen molar-refractivity contribution >= 4 is 11.6 Å². The van der Waals surface area contributed by atoms with Crippen molar-refractivity contribution in [3.8, 4) is 0 Å². The molecule has 0 saturated heterocycles. The molecule has 0 aromatic carbocycles. The van der Waals surface area contributed by atoms with E-state index in [0.29, 0.717) is 11.6 Å². The van der Waals surface area contributed by atoms with Crippen LogP contribution in [0.2, 0.25) is 5.02 Å². The van der Waals surface area contributed by atoms with E-state index in [4.69, 9.17) is 22.1 Å². The number of halogens is 1. The summed E-state index contributed by atoms with van der Waals surface area (Å²) in [4.78, 5) is 2.11. The number of likely N-dealkylation sites (N-methyl/N-ethyl adjacent to an activating group) is 1. The van der Waals surface area contributed by atoms with E-state index in [-0.39, 0.29) is 17.6 Å². The highest BCUT2D eigenvalue weighted by molar-refractivity contribution is 6.31. The normalized spacial score (nSPS) is 15.5. The molecule has 1 aromatic heterocycles. The third-order valence-electron chi connectivity index (χ3n) is 3.43.